The summed E-state index contributed by atoms with van der Waals surface area (Å²) in [5, 5.41) is 5.79. The molecular weight excluding hydrogens is 226 g/mol. The Morgan fingerprint density at radius 1 is 1.17 bits per heavy atom. The Kier molecular flexibility index (Phi) is 2.30. The summed E-state index contributed by atoms with van der Waals surface area (Å²) in [6, 6.07) is 11.3. The number of nitrogens with two attached hydrogens (primary N) is 1. The molecule has 4 nitrogen and oxygen atoms in total. The molecular formula is C14H13N3O. The van der Waals surface area contributed by atoms with Gasteiger partial charge < -0.3 is 10.6 Å². The molecule has 1 atom stereocenters. The Labute approximate surface area is 104 Å². The lowest BCUT2D eigenvalue weighted by Crippen LogP contribution is -2.38. The van der Waals surface area contributed by atoms with E-state index >= 15 is 0 Å². The van der Waals surface area contributed by atoms with Crippen LogP contribution in [-0.2, 0) is 10.4 Å². The van der Waals surface area contributed by atoms with E-state index in [2.05, 4.69) is 10.1 Å². The summed E-state index contributed by atoms with van der Waals surface area (Å²) in [7, 11) is 0. The van der Waals surface area contributed by atoms with E-state index in [9.17, 15) is 0 Å². The van der Waals surface area contributed by atoms with E-state index in [1.807, 2.05) is 49.4 Å². The molecule has 2 aromatic rings. The maximum atomic E-state index is 5.97. The highest BCUT2D eigenvalue weighted by Crippen LogP contribution is 2.26. The molecule has 1 aromatic heterocycles. The summed E-state index contributed by atoms with van der Waals surface area (Å²) in [6.45, 7) is 1.92. The summed E-state index contributed by atoms with van der Waals surface area (Å²) in [4.78, 5) is 9.90. The third-order valence-corrected chi connectivity index (χ3v) is 3.04. The molecule has 0 fully saturated rings. The number of hydrogen-bond acceptors (Lipinski definition) is 4. The summed E-state index contributed by atoms with van der Waals surface area (Å²) in [6.07, 6.45) is 3.70. The first kappa shape index (κ1) is 10.8. The molecule has 0 bridgehead atoms. The number of benzene rings is 1. The maximum Gasteiger partial charge on any atom is 0.195 e. The van der Waals surface area contributed by atoms with Crippen molar-refractivity contribution in [3.8, 4) is 0 Å². The van der Waals surface area contributed by atoms with Crippen LogP contribution < -0.4 is 16.3 Å². The maximum absolute atomic E-state index is 5.97. The molecule has 18 heavy (non-hydrogen) atoms. The Morgan fingerprint density at radius 2 is 2.06 bits per heavy atom. The van der Waals surface area contributed by atoms with Gasteiger partial charge in [0.2, 0.25) is 0 Å². The van der Waals surface area contributed by atoms with Gasteiger partial charge in [-0.05, 0) is 37.3 Å². The predicted octanol–water partition coefficient (Wildman–Crippen LogP) is 0.925. The smallest absolute Gasteiger partial charge is 0.195 e. The topological polar surface area (TPSA) is 60.5 Å². The van der Waals surface area contributed by atoms with Crippen molar-refractivity contribution in [1.29, 1.82) is 0 Å². The minimum absolute atomic E-state index is 0.677. The zero-order chi connectivity index (χ0) is 12.6. The second kappa shape index (κ2) is 3.84. The van der Waals surface area contributed by atoms with E-state index in [4.69, 9.17) is 10.6 Å². The summed E-state index contributed by atoms with van der Waals surface area (Å²) in [5.41, 5.74) is 6.80. The van der Waals surface area contributed by atoms with E-state index in [0.29, 0.717) is 5.69 Å². The average molecular weight is 239 g/mol. The standard InChI is InChI=1S/C14H13N3O/c1-14(13-7-2-3-8-16-13)9-10-11(15)5-4-6-12(10)17-18-14/h2-9H,15H2,1H3. The molecule has 0 radical (unpaired) electrons. The van der Waals surface area contributed by atoms with Gasteiger partial charge in [0.25, 0.3) is 0 Å². The van der Waals surface area contributed by atoms with Crippen LogP contribution in [0.25, 0.3) is 6.08 Å². The molecule has 1 aliphatic rings. The van der Waals surface area contributed by atoms with Crippen molar-refractivity contribution in [2.45, 2.75) is 12.5 Å². The van der Waals surface area contributed by atoms with Crippen molar-refractivity contribution in [3.63, 3.8) is 0 Å². The van der Waals surface area contributed by atoms with Crippen molar-refractivity contribution in [1.82, 2.24) is 4.98 Å². The highest BCUT2D eigenvalue weighted by molar-refractivity contribution is 5.50. The van der Waals surface area contributed by atoms with Gasteiger partial charge >= 0.3 is 0 Å². The monoisotopic (exact) mass is 239 g/mol. The average Bonchev–Trinajstić information content (AvgIpc) is 2.41. The number of nitrogen functional groups attached to an aromatic ring is 1. The van der Waals surface area contributed by atoms with Crippen molar-refractivity contribution < 1.29 is 4.84 Å². The van der Waals surface area contributed by atoms with Crippen LogP contribution in [0.1, 0.15) is 12.6 Å². The second-order valence-electron chi connectivity index (χ2n) is 4.43. The summed E-state index contributed by atoms with van der Waals surface area (Å²) >= 11 is 0. The zero-order valence-electron chi connectivity index (χ0n) is 10.00. The molecule has 0 aliphatic carbocycles. The fourth-order valence-electron chi connectivity index (χ4n) is 2.03. The Morgan fingerprint density at radius 3 is 2.83 bits per heavy atom. The zero-order valence-corrected chi connectivity index (χ0v) is 10.00. The number of rotatable bonds is 1. The number of aromatic nitrogens is 1. The second-order valence-corrected chi connectivity index (χ2v) is 4.43. The van der Waals surface area contributed by atoms with Crippen molar-refractivity contribution in [3.05, 3.63) is 58.9 Å². The fourth-order valence-corrected chi connectivity index (χ4v) is 2.03. The van der Waals surface area contributed by atoms with E-state index in [0.717, 1.165) is 16.3 Å². The molecule has 4 heteroatoms. The largest absolute Gasteiger partial charge is 0.398 e. The first-order valence-electron chi connectivity index (χ1n) is 5.74. The van der Waals surface area contributed by atoms with Gasteiger partial charge in [0.15, 0.2) is 5.60 Å². The van der Waals surface area contributed by atoms with E-state index < -0.39 is 5.60 Å². The third kappa shape index (κ3) is 1.62. The van der Waals surface area contributed by atoms with Crippen LogP contribution in [0.3, 0.4) is 0 Å². The Balaban J connectivity index is 2.22. The van der Waals surface area contributed by atoms with Crippen LogP contribution in [0.4, 0.5) is 5.69 Å². The molecule has 0 saturated heterocycles. The molecule has 90 valence electrons. The molecule has 0 saturated carbocycles. The number of pyridine rings is 1. The van der Waals surface area contributed by atoms with E-state index in [1.165, 1.54) is 0 Å². The number of hydrogen-bond donors (Lipinski definition) is 1. The van der Waals surface area contributed by atoms with Gasteiger partial charge in [-0.1, -0.05) is 17.3 Å². The number of anilines is 1. The van der Waals surface area contributed by atoms with Crippen molar-refractivity contribution >= 4 is 11.8 Å². The van der Waals surface area contributed by atoms with Crippen LogP contribution in [0.2, 0.25) is 0 Å². The fraction of sp³-hybridized carbons (Fsp3) is 0.143. The SMILES string of the molecule is CC1(c2ccccn2)C=c2c(N)cccc2=NO1. The highest BCUT2D eigenvalue weighted by Gasteiger charge is 2.30. The van der Waals surface area contributed by atoms with Gasteiger partial charge in [0.1, 0.15) is 5.36 Å². The van der Waals surface area contributed by atoms with Crippen LogP contribution >= 0.6 is 0 Å². The van der Waals surface area contributed by atoms with Crippen LogP contribution in [0.15, 0.2) is 47.8 Å². The quantitative estimate of drug-likeness (QED) is 0.753. The van der Waals surface area contributed by atoms with Crippen LogP contribution in [-0.4, -0.2) is 4.98 Å². The number of nitrogens with zero attached hydrogens (tertiary/aromatic N) is 2. The highest BCUT2D eigenvalue weighted by atomic mass is 16.6. The molecule has 2 N–H and O–H groups in total. The van der Waals surface area contributed by atoms with Gasteiger partial charge in [0.05, 0.1) is 5.69 Å². The van der Waals surface area contributed by atoms with Crippen LogP contribution in [0, 0.1) is 0 Å². The van der Waals surface area contributed by atoms with Crippen molar-refractivity contribution in [2.24, 2.45) is 5.16 Å². The third-order valence-electron chi connectivity index (χ3n) is 3.04. The minimum Gasteiger partial charge on any atom is -0.398 e. The first-order chi connectivity index (χ1) is 8.69. The van der Waals surface area contributed by atoms with Crippen LogP contribution in [0.5, 0.6) is 0 Å². The van der Waals surface area contributed by atoms with E-state index in [-0.39, 0.29) is 0 Å². The first-order valence-corrected chi connectivity index (χ1v) is 5.74. The Bertz CT molecular complexity index is 697. The van der Waals surface area contributed by atoms with Gasteiger partial charge in [0, 0.05) is 17.1 Å². The lowest BCUT2D eigenvalue weighted by molar-refractivity contribution is 0.00388. The lowest BCUT2D eigenvalue weighted by Gasteiger charge is -2.25. The van der Waals surface area contributed by atoms with Gasteiger partial charge in [-0.15, -0.1) is 0 Å². The normalized spacial score (nSPS) is 21.2. The van der Waals surface area contributed by atoms with Crippen molar-refractivity contribution in [2.75, 3.05) is 5.73 Å². The van der Waals surface area contributed by atoms with Gasteiger partial charge in [-0.25, -0.2) is 0 Å². The van der Waals surface area contributed by atoms with E-state index in [1.54, 1.807) is 6.20 Å². The molecule has 3 rings (SSSR count). The Hall–Kier alpha value is -2.36. The molecule has 0 amide bonds. The molecule has 1 aliphatic heterocycles. The summed E-state index contributed by atoms with van der Waals surface area (Å²) in [5.74, 6) is 0. The van der Waals surface area contributed by atoms with Gasteiger partial charge in [-0.3, -0.25) is 4.98 Å². The molecule has 1 aromatic carbocycles. The van der Waals surface area contributed by atoms with Gasteiger partial charge in [-0.2, -0.15) is 0 Å². The summed E-state index contributed by atoms with van der Waals surface area (Å²) < 4.78 is 0. The molecule has 0 spiro atoms. The predicted molar refractivity (Wildman–Crippen MR) is 68.8 cm³/mol. The minimum atomic E-state index is -0.677. The molecule has 2 heterocycles. The number of fused-ring (bicyclic) bond motifs is 1. The molecule has 1 unspecified atom stereocenters. The lowest BCUT2D eigenvalue weighted by atomic mass is 9.98.